The molecule has 0 saturated carbocycles. The highest BCUT2D eigenvalue weighted by Crippen LogP contribution is 2.31. The Kier molecular flexibility index (Phi) is 4.63. The van der Waals surface area contributed by atoms with Gasteiger partial charge in [0.1, 0.15) is 0 Å². The number of benzene rings is 1. The van der Waals surface area contributed by atoms with E-state index < -0.39 is 0 Å². The Morgan fingerprint density at radius 3 is 2.67 bits per heavy atom. The van der Waals surface area contributed by atoms with E-state index in [2.05, 4.69) is 36.1 Å². The number of aliphatic hydroxyl groups is 1. The standard InChI is InChI=1S/C18H27NO2/c1-2-9-19(11-18(12-20)13-21-14-18)17-8-7-15-5-3-4-6-16(15)10-17/h3-6,17,20H,2,7-14H2,1H3. The van der Waals surface area contributed by atoms with Crippen LogP contribution in [0.15, 0.2) is 24.3 Å². The Morgan fingerprint density at radius 2 is 2.05 bits per heavy atom. The van der Waals surface area contributed by atoms with Crippen LogP contribution in [0.4, 0.5) is 0 Å². The Labute approximate surface area is 127 Å². The number of aliphatic hydroxyl groups excluding tert-OH is 1. The van der Waals surface area contributed by atoms with Crippen molar-refractivity contribution in [3.05, 3.63) is 35.4 Å². The summed E-state index contributed by atoms with van der Waals surface area (Å²) in [6, 6.07) is 9.46. The van der Waals surface area contributed by atoms with Crippen molar-refractivity contribution in [3.8, 4) is 0 Å². The molecule has 0 radical (unpaired) electrons. The number of aryl methyl sites for hydroxylation is 1. The van der Waals surface area contributed by atoms with Crippen molar-refractivity contribution in [3.63, 3.8) is 0 Å². The highest BCUT2D eigenvalue weighted by molar-refractivity contribution is 5.30. The topological polar surface area (TPSA) is 32.7 Å². The molecule has 0 amide bonds. The average molecular weight is 289 g/mol. The molecular weight excluding hydrogens is 262 g/mol. The van der Waals surface area contributed by atoms with Crippen LogP contribution in [0.5, 0.6) is 0 Å². The molecule has 1 fully saturated rings. The molecule has 1 atom stereocenters. The maximum absolute atomic E-state index is 9.70. The molecule has 116 valence electrons. The molecule has 3 nitrogen and oxygen atoms in total. The molecular formula is C18H27NO2. The highest BCUT2D eigenvalue weighted by Gasteiger charge is 2.41. The van der Waals surface area contributed by atoms with Gasteiger partial charge in [-0.2, -0.15) is 0 Å². The first-order valence-electron chi connectivity index (χ1n) is 8.26. The van der Waals surface area contributed by atoms with Crippen LogP contribution in [-0.4, -0.2) is 49.0 Å². The second kappa shape index (κ2) is 6.47. The summed E-state index contributed by atoms with van der Waals surface area (Å²) in [6.07, 6.45) is 4.74. The summed E-state index contributed by atoms with van der Waals surface area (Å²) >= 11 is 0. The minimum Gasteiger partial charge on any atom is -0.396 e. The Hall–Kier alpha value is -0.900. The van der Waals surface area contributed by atoms with Crippen LogP contribution in [0.2, 0.25) is 0 Å². The molecule has 1 unspecified atom stereocenters. The van der Waals surface area contributed by atoms with E-state index in [0.29, 0.717) is 19.3 Å². The Morgan fingerprint density at radius 1 is 1.29 bits per heavy atom. The maximum atomic E-state index is 9.70. The first kappa shape index (κ1) is 15.0. The lowest BCUT2D eigenvalue weighted by Crippen LogP contribution is -2.56. The summed E-state index contributed by atoms with van der Waals surface area (Å²) in [7, 11) is 0. The second-order valence-corrected chi connectivity index (χ2v) is 6.79. The fourth-order valence-electron chi connectivity index (χ4n) is 3.72. The van der Waals surface area contributed by atoms with Crippen LogP contribution in [0.3, 0.4) is 0 Å². The predicted octanol–water partition coefficient (Wildman–Crippen LogP) is 2.26. The number of hydrogen-bond acceptors (Lipinski definition) is 3. The van der Waals surface area contributed by atoms with Crippen LogP contribution in [0.1, 0.15) is 30.9 Å². The number of fused-ring (bicyclic) bond motifs is 1. The van der Waals surface area contributed by atoms with Crippen molar-refractivity contribution in [2.24, 2.45) is 5.41 Å². The molecule has 3 heteroatoms. The molecule has 1 aliphatic carbocycles. The highest BCUT2D eigenvalue weighted by atomic mass is 16.5. The van der Waals surface area contributed by atoms with Gasteiger partial charge in [-0.25, -0.2) is 0 Å². The second-order valence-electron chi connectivity index (χ2n) is 6.79. The summed E-state index contributed by atoms with van der Waals surface area (Å²) in [6.45, 7) is 6.02. The van der Waals surface area contributed by atoms with Gasteiger partial charge in [0.05, 0.1) is 25.2 Å². The minimum atomic E-state index is -0.00780. The van der Waals surface area contributed by atoms with E-state index in [4.69, 9.17) is 4.74 Å². The van der Waals surface area contributed by atoms with Crippen molar-refractivity contribution in [1.29, 1.82) is 0 Å². The quantitative estimate of drug-likeness (QED) is 0.872. The number of ether oxygens (including phenoxy) is 1. The maximum Gasteiger partial charge on any atom is 0.0579 e. The molecule has 0 bridgehead atoms. The van der Waals surface area contributed by atoms with Crippen molar-refractivity contribution >= 4 is 0 Å². The van der Waals surface area contributed by atoms with Crippen molar-refractivity contribution < 1.29 is 9.84 Å². The first-order chi connectivity index (χ1) is 10.3. The van der Waals surface area contributed by atoms with Gasteiger partial charge < -0.3 is 9.84 Å². The van der Waals surface area contributed by atoms with E-state index in [-0.39, 0.29) is 12.0 Å². The third-order valence-corrected chi connectivity index (χ3v) is 5.04. The van der Waals surface area contributed by atoms with Gasteiger partial charge in [-0.05, 0) is 43.4 Å². The number of nitrogens with zero attached hydrogens (tertiary/aromatic N) is 1. The molecule has 21 heavy (non-hydrogen) atoms. The molecule has 1 N–H and O–H groups in total. The van der Waals surface area contributed by atoms with Gasteiger partial charge in [-0.15, -0.1) is 0 Å². The number of rotatable bonds is 6. The lowest BCUT2D eigenvalue weighted by atomic mass is 9.83. The zero-order valence-electron chi connectivity index (χ0n) is 13.1. The van der Waals surface area contributed by atoms with E-state index in [0.717, 1.165) is 19.5 Å². The van der Waals surface area contributed by atoms with Crippen LogP contribution >= 0.6 is 0 Å². The summed E-state index contributed by atoms with van der Waals surface area (Å²) in [5.41, 5.74) is 3.03. The molecule has 1 saturated heterocycles. The van der Waals surface area contributed by atoms with Crippen molar-refractivity contribution in [2.75, 3.05) is 32.9 Å². The van der Waals surface area contributed by atoms with E-state index >= 15 is 0 Å². The third-order valence-electron chi connectivity index (χ3n) is 5.04. The molecule has 0 spiro atoms. The van der Waals surface area contributed by atoms with Gasteiger partial charge in [0, 0.05) is 12.6 Å². The van der Waals surface area contributed by atoms with Crippen LogP contribution in [0, 0.1) is 5.41 Å². The number of hydrogen-bond donors (Lipinski definition) is 1. The van der Waals surface area contributed by atoms with Gasteiger partial charge in [0.15, 0.2) is 0 Å². The lowest BCUT2D eigenvalue weighted by molar-refractivity contribution is -0.152. The molecule has 1 heterocycles. The normalized spacial score (nSPS) is 23.7. The van der Waals surface area contributed by atoms with Crippen LogP contribution in [0.25, 0.3) is 0 Å². The summed E-state index contributed by atoms with van der Waals surface area (Å²) in [5, 5.41) is 9.70. The zero-order chi connectivity index (χ0) is 14.7. The smallest absolute Gasteiger partial charge is 0.0579 e. The first-order valence-corrected chi connectivity index (χ1v) is 8.26. The van der Waals surface area contributed by atoms with E-state index in [1.165, 1.54) is 30.4 Å². The van der Waals surface area contributed by atoms with Crippen molar-refractivity contribution in [1.82, 2.24) is 4.90 Å². The minimum absolute atomic E-state index is 0.00780. The molecule has 0 aromatic heterocycles. The molecule has 1 aliphatic heterocycles. The SMILES string of the molecule is CCCN(CC1(CO)COC1)C1CCc2ccccc2C1. The zero-order valence-corrected chi connectivity index (χ0v) is 13.1. The van der Waals surface area contributed by atoms with Crippen LogP contribution < -0.4 is 0 Å². The average Bonchev–Trinajstić information content (AvgIpc) is 2.49. The fraction of sp³-hybridized carbons (Fsp3) is 0.667. The van der Waals surface area contributed by atoms with Gasteiger partial charge in [-0.3, -0.25) is 4.90 Å². The monoisotopic (exact) mass is 289 g/mol. The molecule has 1 aromatic rings. The molecule has 3 rings (SSSR count). The van der Waals surface area contributed by atoms with Gasteiger partial charge in [0.25, 0.3) is 0 Å². The lowest BCUT2D eigenvalue weighted by Gasteiger charge is -2.46. The van der Waals surface area contributed by atoms with Crippen LogP contribution in [-0.2, 0) is 17.6 Å². The fourth-order valence-corrected chi connectivity index (χ4v) is 3.72. The van der Waals surface area contributed by atoms with Crippen molar-refractivity contribution in [2.45, 2.75) is 38.6 Å². The predicted molar refractivity (Wildman–Crippen MR) is 84.5 cm³/mol. The summed E-state index contributed by atoms with van der Waals surface area (Å²) < 4.78 is 5.37. The Balaban J connectivity index is 1.70. The van der Waals surface area contributed by atoms with Gasteiger partial charge in [-0.1, -0.05) is 31.2 Å². The van der Waals surface area contributed by atoms with E-state index in [1.54, 1.807) is 0 Å². The largest absolute Gasteiger partial charge is 0.396 e. The third kappa shape index (κ3) is 3.15. The Bertz CT molecular complexity index is 465. The van der Waals surface area contributed by atoms with Gasteiger partial charge >= 0.3 is 0 Å². The summed E-state index contributed by atoms with van der Waals surface area (Å²) in [5.74, 6) is 0. The summed E-state index contributed by atoms with van der Waals surface area (Å²) in [4.78, 5) is 2.61. The molecule has 1 aromatic carbocycles. The molecule has 2 aliphatic rings. The van der Waals surface area contributed by atoms with Gasteiger partial charge in [0.2, 0.25) is 0 Å². The van der Waals surface area contributed by atoms with E-state index in [1.807, 2.05) is 0 Å². The van der Waals surface area contributed by atoms with E-state index in [9.17, 15) is 5.11 Å².